The normalized spacial score (nSPS) is 15.2. The molecule has 2 aromatic carbocycles. The van der Waals surface area contributed by atoms with Gasteiger partial charge in [-0.25, -0.2) is 4.98 Å². The number of benzene rings is 2. The molecular formula is C68H109N19O13. The summed E-state index contributed by atoms with van der Waals surface area (Å²) >= 11 is 0. The highest BCUT2D eigenvalue weighted by atomic mass is 16.3. The van der Waals surface area contributed by atoms with Crippen LogP contribution in [-0.2, 0) is 76.8 Å². The summed E-state index contributed by atoms with van der Waals surface area (Å²) in [5.41, 5.74) is 35.7. The summed E-state index contributed by atoms with van der Waals surface area (Å²) in [6, 6.07) is 2.23. The van der Waals surface area contributed by atoms with Crippen LogP contribution in [0.15, 0.2) is 78.2 Å². The number of unbranched alkanes of at least 4 members (excludes halogenated alkanes) is 1. The van der Waals surface area contributed by atoms with Gasteiger partial charge in [-0.15, -0.1) is 0 Å². The third-order valence-corrected chi connectivity index (χ3v) is 16.5. The van der Waals surface area contributed by atoms with Gasteiger partial charge in [-0.05, 0) is 99.6 Å². The van der Waals surface area contributed by atoms with Crippen LogP contribution < -0.4 is 87.6 Å². The predicted molar refractivity (Wildman–Crippen MR) is 375 cm³/mol. The number of hydrogen-bond donors (Lipinski definition) is 18. The molecule has 100 heavy (non-hydrogen) atoms. The molecular weight excluding hydrogens is 1290 g/mol. The molecule has 0 saturated carbocycles. The second-order valence-electron chi connectivity index (χ2n) is 26.4. The number of rotatable bonds is 46. The van der Waals surface area contributed by atoms with Gasteiger partial charge < -0.3 is 97.7 Å². The van der Waals surface area contributed by atoms with Gasteiger partial charge in [0.05, 0.1) is 18.5 Å². The fourth-order valence-corrected chi connectivity index (χ4v) is 10.5. The quantitative estimate of drug-likeness (QED) is 0.0161. The summed E-state index contributed by atoms with van der Waals surface area (Å²) in [4.78, 5) is 179. The first kappa shape index (κ1) is 84.7. The fourth-order valence-electron chi connectivity index (χ4n) is 10.5. The monoisotopic (exact) mass is 1400 g/mol. The lowest BCUT2D eigenvalue weighted by Crippen LogP contribution is -2.62. The number of primary amides is 2. The van der Waals surface area contributed by atoms with Crippen LogP contribution in [0.5, 0.6) is 0 Å². The SMILES string of the molecule is CC[C@H](C)[C@H](NC(=O)[C@H](Cc1cnc[nH]1)NC(=O)[C@H](CC(C)C)NC(=O)[C@H](CC(C)C)NC(=O)[C@@H](NC(=O)[C@H](CCCCN)NC(=O)[C@@H](N)C(C)C)[C@@H](C)O)C(=O)N[C@@H](Cc1ccccc1)C(=O)N[C@@H](CCC(N)=O)C(=O)N[C@@H](CCCN=C(N)N)C(=O)N[C@@H](Cc1ccccc1)C(N)=O. The van der Waals surface area contributed by atoms with Crippen molar-refractivity contribution in [3.05, 3.63) is 90.0 Å². The molecule has 0 spiro atoms. The number of nitrogens with zero attached hydrogens (tertiary/aromatic N) is 2. The Bertz CT molecular complexity index is 3150. The molecule has 0 bridgehead atoms. The van der Waals surface area contributed by atoms with Crippen molar-refractivity contribution in [2.45, 2.75) is 218 Å². The molecule has 32 heteroatoms. The first-order chi connectivity index (χ1) is 47.2. The Labute approximate surface area is 584 Å². The number of nitrogens with two attached hydrogens (primary N) is 6. The van der Waals surface area contributed by atoms with Crippen molar-refractivity contribution in [3.8, 4) is 0 Å². The summed E-state index contributed by atoms with van der Waals surface area (Å²) in [5.74, 6) is -11.8. The molecule has 554 valence electrons. The van der Waals surface area contributed by atoms with Crippen LogP contribution in [-0.4, -0.2) is 178 Å². The molecule has 1 heterocycles. The lowest BCUT2D eigenvalue weighted by molar-refractivity contribution is -0.137. The zero-order valence-corrected chi connectivity index (χ0v) is 59.0. The number of imidazole rings is 1. The van der Waals surface area contributed by atoms with Crippen molar-refractivity contribution < 1.29 is 62.6 Å². The number of guanidine groups is 1. The van der Waals surface area contributed by atoms with E-state index in [2.05, 4.69) is 68.1 Å². The summed E-state index contributed by atoms with van der Waals surface area (Å²) < 4.78 is 0. The molecule has 0 fully saturated rings. The Morgan fingerprint density at radius 2 is 0.900 bits per heavy atom. The molecule has 0 aliphatic carbocycles. The highest BCUT2D eigenvalue weighted by Crippen LogP contribution is 2.16. The third kappa shape index (κ3) is 30.7. The average molecular weight is 1400 g/mol. The lowest BCUT2D eigenvalue weighted by Gasteiger charge is -2.30. The Kier molecular flexibility index (Phi) is 37.0. The van der Waals surface area contributed by atoms with Crippen molar-refractivity contribution in [2.75, 3.05) is 13.1 Å². The molecule has 1 aromatic heterocycles. The summed E-state index contributed by atoms with van der Waals surface area (Å²) in [5, 5.41) is 37.6. The number of carbonyl (C=O) groups excluding carboxylic acids is 12. The molecule has 0 saturated heterocycles. The van der Waals surface area contributed by atoms with Crippen molar-refractivity contribution in [1.29, 1.82) is 0 Å². The van der Waals surface area contributed by atoms with E-state index in [1.54, 1.807) is 116 Å². The van der Waals surface area contributed by atoms with Gasteiger partial charge in [0.2, 0.25) is 70.9 Å². The van der Waals surface area contributed by atoms with Crippen LogP contribution in [0.4, 0.5) is 0 Å². The van der Waals surface area contributed by atoms with E-state index in [1.807, 2.05) is 0 Å². The highest BCUT2D eigenvalue weighted by Gasteiger charge is 2.39. The zero-order chi connectivity index (χ0) is 74.8. The van der Waals surface area contributed by atoms with Gasteiger partial charge in [0.1, 0.15) is 60.4 Å². The molecule has 24 N–H and O–H groups in total. The average Bonchev–Trinajstić information content (AvgIpc) is 0.984. The smallest absolute Gasteiger partial charge is 0.245 e. The number of aromatic nitrogens is 2. The van der Waals surface area contributed by atoms with Crippen LogP contribution in [0.3, 0.4) is 0 Å². The second kappa shape index (κ2) is 43.8. The zero-order valence-electron chi connectivity index (χ0n) is 59.0. The largest absolute Gasteiger partial charge is 0.391 e. The minimum atomic E-state index is -1.63. The van der Waals surface area contributed by atoms with E-state index in [4.69, 9.17) is 34.4 Å². The van der Waals surface area contributed by atoms with E-state index < -0.39 is 156 Å². The molecule has 3 aromatic rings. The van der Waals surface area contributed by atoms with E-state index in [9.17, 15) is 62.6 Å². The van der Waals surface area contributed by atoms with Gasteiger partial charge in [-0.2, -0.15) is 0 Å². The van der Waals surface area contributed by atoms with E-state index >= 15 is 0 Å². The maximum Gasteiger partial charge on any atom is 0.245 e. The van der Waals surface area contributed by atoms with Gasteiger partial charge in [-0.3, -0.25) is 62.5 Å². The number of carbonyl (C=O) groups is 12. The van der Waals surface area contributed by atoms with Crippen LogP contribution >= 0.6 is 0 Å². The van der Waals surface area contributed by atoms with E-state index in [-0.39, 0.29) is 94.5 Å². The van der Waals surface area contributed by atoms with Gasteiger partial charge in [0.25, 0.3) is 0 Å². The number of aliphatic hydroxyl groups excluding tert-OH is 1. The third-order valence-electron chi connectivity index (χ3n) is 16.5. The maximum atomic E-state index is 14.9. The number of hydrogen-bond acceptors (Lipinski definition) is 17. The molecule has 13 atom stereocenters. The van der Waals surface area contributed by atoms with Crippen molar-refractivity contribution in [1.82, 2.24) is 63.1 Å². The fraction of sp³-hybridized carbons (Fsp3) is 0.588. The number of aliphatic imine (C=N–C) groups is 1. The minimum Gasteiger partial charge on any atom is -0.391 e. The molecule has 0 aliphatic rings. The molecule has 32 nitrogen and oxygen atoms in total. The molecule has 12 amide bonds. The summed E-state index contributed by atoms with van der Waals surface area (Å²) in [7, 11) is 0. The minimum absolute atomic E-state index is 0.0111. The van der Waals surface area contributed by atoms with Crippen molar-refractivity contribution in [3.63, 3.8) is 0 Å². The van der Waals surface area contributed by atoms with Crippen molar-refractivity contribution >= 4 is 76.8 Å². The Morgan fingerprint density at radius 1 is 0.490 bits per heavy atom. The van der Waals surface area contributed by atoms with Gasteiger partial charge in [-0.1, -0.05) is 122 Å². The Hall–Kier alpha value is -9.56. The summed E-state index contributed by atoms with van der Waals surface area (Å²) in [6.45, 7) is 15.7. The summed E-state index contributed by atoms with van der Waals surface area (Å²) in [6.07, 6.45) is 1.51. The van der Waals surface area contributed by atoms with Crippen LogP contribution in [0, 0.1) is 23.7 Å². The standard InChI is InChI=1S/C68H109N19O13/c1-10-40(8)55(66(99)85-51(33-43-22-15-12-16-23-43)63(96)79-47(26-27-53(70)89)59(92)78-46(25-19-29-76-68(73)74)58(91)81-48(57(72)90)32-42-20-13-11-14-21-42)86-64(97)52(34-44-35-75-36-77-44)83-61(94)49(30-37(2)3)82-62(95)50(31-38(4)5)84-67(100)56(41(9)88)87-60(93)45(24-17-18-28-69)80-65(98)54(71)39(6)7/h11-16,20-23,35-41,45-52,54-56,88H,10,17-19,24-34,69,71H2,1-9H3,(H2,70,89)(H2,72,90)(H,75,77)(H,78,92)(H,79,96)(H,80,98)(H,81,91)(H,82,95)(H,83,94)(H,84,100)(H,85,99)(H,86,97)(H,87,93)(H4,73,74,76)/t40-,41+,45-,46-,47-,48-,49-,50-,51-,52-,54-,55-,56-/m0/s1. The first-order valence-corrected chi connectivity index (χ1v) is 34.1. The lowest BCUT2D eigenvalue weighted by atomic mass is 9.96. The van der Waals surface area contributed by atoms with Crippen LogP contribution in [0.2, 0.25) is 0 Å². The first-order valence-electron chi connectivity index (χ1n) is 34.1. The topological polar surface area (TPSA) is 543 Å². The van der Waals surface area contributed by atoms with Crippen LogP contribution in [0.25, 0.3) is 0 Å². The van der Waals surface area contributed by atoms with Crippen molar-refractivity contribution in [2.24, 2.45) is 63.1 Å². The molecule has 0 aliphatic heterocycles. The van der Waals surface area contributed by atoms with E-state index in [1.165, 1.54) is 19.4 Å². The van der Waals surface area contributed by atoms with Crippen LogP contribution in [0.1, 0.15) is 143 Å². The van der Waals surface area contributed by atoms with Gasteiger partial charge >= 0.3 is 0 Å². The molecule has 0 unspecified atom stereocenters. The number of aromatic amines is 1. The highest BCUT2D eigenvalue weighted by molar-refractivity contribution is 5.99. The molecule has 0 radical (unpaired) electrons. The predicted octanol–water partition coefficient (Wildman–Crippen LogP) is -2.28. The van der Waals surface area contributed by atoms with E-state index in [0.29, 0.717) is 36.2 Å². The number of nitrogens with one attached hydrogen (secondary N) is 11. The number of amides is 12. The van der Waals surface area contributed by atoms with Gasteiger partial charge in [0, 0.05) is 44.1 Å². The van der Waals surface area contributed by atoms with Gasteiger partial charge in [0.15, 0.2) is 5.96 Å². The molecule has 3 rings (SSSR count). The number of aliphatic hydroxyl groups is 1. The Balaban J connectivity index is 1.99. The second-order valence-corrected chi connectivity index (χ2v) is 26.4. The number of H-pyrrole nitrogens is 1. The maximum absolute atomic E-state index is 14.9. The Morgan fingerprint density at radius 3 is 1.37 bits per heavy atom. The van der Waals surface area contributed by atoms with E-state index in [0.717, 1.165) is 0 Å².